The number of esters is 6. The summed E-state index contributed by atoms with van der Waals surface area (Å²) in [5, 5.41) is 8.97. The van der Waals surface area contributed by atoms with Crippen LogP contribution >= 0.6 is 0 Å². The summed E-state index contributed by atoms with van der Waals surface area (Å²) < 4.78 is 29.8. The first kappa shape index (κ1) is 42.1. The highest BCUT2D eigenvalue weighted by Crippen LogP contribution is 2.22. The molecular formula is C33H38O15. The first-order valence-corrected chi connectivity index (χ1v) is 14.0. The molecule has 0 aliphatic rings. The van der Waals surface area contributed by atoms with Gasteiger partial charge in [0.1, 0.15) is 50.3 Å². The standard InChI is InChI=1S/C19H24O9.C14H14O6/c1-5-15(21)25-10-19(11-26-16(22)6-2,12-27-17(23)7-3)13-28-18(24)9-8-14(4)20;1-3-12(15)19-8-9(2)20-14(18)11-7-5-4-6-10(11)13(16)17/h5-7H,1-3,8-13H2,4H3;3-7,9H,1,8H2,2H3,(H,16,17). The molecule has 0 radical (unpaired) electrons. The molecule has 0 spiro atoms. The third kappa shape index (κ3) is 17.6. The zero-order valence-electron chi connectivity index (χ0n) is 26.6. The Hall–Kier alpha value is -5.86. The first-order valence-electron chi connectivity index (χ1n) is 14.0. The number of hydrogen-bond acceptors (Lipinski definition) is 14. The summed E-state index contributed by atoms with van der Waals surface area (Å²) in [6.45, 7) is 14.1. The summed E-state index contributed by atoms with van der Waals surface area (Å²) in [4.78, 5) is 90.8. The van der Waals surface area contributed by atoms with Crippen LogP contribution in [-0.2, 0) is 57.2 Å². The molecule has 1 unspecified atom stereocenters. The van der Waals surface area contributed by atoms with Gasteiger partial charge in [0, 0.05) is 30.7 Å². The van der Waals surface area contributed by atoms with Crippen LogP contribution in [0.1, 0.15) is 47.4 Å². The van der Waals surface area contributed by atoms with Crippen LogP contribution in [0.5, 0.6) is 0 Å². The van der Waals surface area contributed by atoms with Gasteiger partial charge >= 0.3 is 41.8 Å². The maximum atomic E-state index is 11.8. The number of carbonyl (C=O) groups is 8. The number of benzene rings is 1. The van der Waals surface area contributed by atoms with Crippen LogP contribution < -0.4 is 0 Å². The maximum absolute atomic E-state index is 11.8. The van der Waals surface area contributed by atoms with E-state index in [9.17, 15) is 38.4 Å². The average Bonchev–Trinajstić information content (AvgIpc) is 3.08. The molecule has 1 aromatic rings. The first-order chi connectivity index (χ1) is 22.6. The van der Waals surface area contributed by atoms with Crippen molar-refractivity contribution in [3.05, 3.63) is 86.0 Å². The van der Waals surface area contributed by atoms with Gasteiger partial charge in [0.05, 0.1) is 17.5 Å². The zero-order chi connectivity index (χ0) is 36.7. The van der Waals surface area contributed by atoms with Gasteiger partial charge in [0.25, 0.3) is 0 Å². The van der Waals surface area contributed by atoms with E-state index in [1.54, 1.807) is 0 Å². The van der Waals surface area contributed by atoms with Crippen LogP contribution in [-0.4, -0.2) is 91.8 Å². The van der Waals surface area contributed by atoms with E-state index >= 15 is 0 Å². The molecule has 0 saturated heterocycles. The Balaban J connectivity index is 0.000000970. The molecule has 1 N–H and O–H groups in total. The number of hydrogen-bond donors (Lipinski definition) is 1. The number of Topliss-reactive ketones (excluding diaryl/α,β-unsaturated/α-hetero) is 1. The molecule has 0 amide bonds. The molecule has 0 aliphatic heterocycles. The fourth-order valence-corrected chi connectivity index (χ4v) is 3.07. The van der Waals surface area contributed by atoms with Crippen molar-refractivity contribution in [3.63, 3.8) is 0 Å². The van der Waals surface area contributed by atoms with Crippen molar-refractivity contribution in [3.8, 4) is 0 Å². The molecule has 48 heavy (non-hydrogen) atoms. The minimum atomic E-state index is -1.39. The third-order valence-electron chi connectivity index (χ3n) is 5.59. The highest BCUT2D eigenvalue weighted by atomic mass is 16.6. The maximum Gasteiger partial charge on any atom is 0.339 e. The van der Waals surface area contributed by atoms with E-state index in [1.165, 1.54) is 38.1 Å². The van der Waals surface area contributed by atoms with Gasteiger partial charge in [0.15, 0.2) is 0 Å². The monoisotopic (exact) mass is 674 g/mol. The number of ether oxygens (including phenoxy) is 6. The topological polar surface area (TPSA) is 212 Å². The van der Waals surface area contributed by atoms with Gasteiger partial charge in [0.2, 0.25) is 0 Å². The number of carboxylic acids is 1. The summed E-state index contributed by atoms with van der Waals surface area (Å²) in [5.74, 6) is -5.86. The van der Waals surface area contributed by atoms with Crippen LogP contribution in [0.2, 0.25) is 0 Å². The SMILES string of the molecule is C=CC(=O)OCC(C)OC(=O)c1ccccc1C(=O)O.C=CC(=O)OCC(COC(=O)C=C)(COC(=O)C=C)COC(=O)CCC(C)=O. The normalized spacial score (nSPS) is 10.6. The molecule has 0 heterocycles. The van der Waals surface area contributed by atoms with E-state index in [-0.39, 0.29) is 36.4 Å². The van der Waals surface area contributed by atoms with Crippen LogP contribution in [0.25, 0.3) is 0 Å². The van der Waals surface area contributed by atoms with E-state index in [0.717, 1.165) is 24.3 Å². The fraction of sp³-hybridized carbons (Fsp3) is 0.333. The Morgan fingerprint density at radius 1 is 0.688 bits per heavy atom. The van der Waals surface area contributed by atoms with Gasteiger partial charge in [-0.2, -0.15) is 0 Å². The molecule has 0 bridgehead atoms. The number of aromatic carboxylic acids is 1. The van der Waals surface area contributed by atoms with Crippen molar-refractivity contribution in [2.24, 2.45) is 5.41 Å². The lowest BCUT2D eigenvalue weighted by atomic mass is 9.92. The Kier molecular flexibility index (Phi) is 19.9. The van der Waals surface area contributed by atoms with E-state index in [4.69, 9.17) is 33.5 Å². The van der Waals surface area contributed by atoms with Crippen LogP contribution in [0.15, 0.2) is 74.9 Å². The van der Waals surface area contributed by atoms with E-state index in [2.05, 4.69) is 26.3 Å². The highest BCUT2D eigenvalue weighted by molar-refractivity contribution is 6.02. The smallest absolute Gasteiger partial charge is 0.339 e. The van der Waals surface area contributed by atoms with Gasteiger partial charge in [-0.25, -0.2) is 28.8 Å². The van der Waals surface area contributed by atoms with E-state index < -0.39 is 79.7 Å². The van der Waals surface area contributed by atoms with Gasteiger partial charge in [-0.15, -0.1) is 0 Å². The molecule has 0 saturated carbocycles. The lowest BCUT2D eigenvalue weighted by Crippen LogP contribution is -2.43. The zero-order valence-corrected chi connectivity index (χ0v) is 26.6. The minimum Gasteiger partial charge on any atom is -0.478 e. The Morgan fingerprint density at radius 3 is 1.52 bits per heavy atom. The van der Waals surface area contributed by atoms with Crippen molar-refractivity contribution in [1.82, 2.24) is 0 Å². The highest BCUT2D eigenvalue weighted by Gasteiger charge is 2.37. The predicted octanol–water partition coefficient (Wildman–Crippen LogP) is 2.73. The fourth-order valence-electron chi connectivity index (χ4n) is 3.07. The lowest BCUT2D eigenvalue weighted by Gasteiger charge is -2.31. The predicted molar refractivity (Wildman–Crippen MR) is 166 cm³/mol. The largest absolute Gasteiger partial charge is 0.478 e. The molecule has 15 nitrogen and oxygen atoms in total. The Bertz CT molecular complexity index is 1310. The van der Waals surface area contributed by atoms with Crippen LogP contribution in [0.4, 0.5) is 0 Å². The third-order valence-corrected chi connectivity index (χ3v) is 5.59. The van der Waals surface area contributed by atoms with Crippen molar-refractivity contribution in [1.29, 1.82) is 0 Å². The van der Waals surface area contributed by atoms with Crippen molar-refractivity contribution >= 4 is 47.6 Å². The summed E-state index contributed by atoms with van der Waals surface area (Å²) >= 11 is 0. The molecule has 1 rings (SSSR count). The van der Waals surface area contributed by atoms with Crippen molar-refractivity contribution in [2.75, 3.05) is 33.0 Å². The van der Waals surface area contributed by atoms with E-state index in [0.29, 0.717) is 0 Å². The lowest BCUT2D eigenvalue weighted by molar-refractivity contribution is -0.166. The minimum absolute atomic E-state index is 0.00577. The Labute approximate surface area is 276 Å². The number of rotatable bonds is 20. The molecule has 0 fully saturated rings. The molecule has 1 aromatic carbocycles. The summed E-state index contributed by atoms with van der Waals surface area (Å²) in [6, 6.07) is 5.70. The van der Waals surface area contributed by atoms with Crippen molar-refractivity contribution < 1.29 is 71.9 Å². The van der Waals surface area contributed by atoms with Gasteiger partial charge in [-0.3, -0.25) is 4.79 Å². The van der Waals surface area contributed by atoms with Crippen LogP contribution in [0.3, 0.4) is 0 Å². The van der Waals surface area contributed by atoms with Crippen molar-refractivity contribution in [2.45, 2.75) is 32.8 Å². The van der Waals surface area contributed by atoms with E-state index in [1.807, 2.05) is 0 Å². The van der Waals surface area contributed by atoms with Crippen LogP contribution in [0, 0.1) is 5.41 Å². The second-order valence-electron chi connectivity index (χ2n) is 9.70. The van der Waals surface area contributed by atoms with Gasteiger partial charge in [-0.1, -0.05) is 38.4 Å². The summed E-state index contributed by atoms with van der Waals surface area (Å²) in [6.07, 6.45) is 2.87. The number of carboxylic acid groups (broad SMARTS) is 1. The number of carbonyl (C=O) groups excluding carboxylic acids is 7. The molecule has 0 aromatic heterocycles. The molecule has 1 atom stereocenters. The second kappa shape index (κ2) is 22.6. The quantitative estimate of drug-likeness (QED) is 0.120. The van der Waals surface area contributed by atoms with Gasteiger partial charge < -0.3 is 38.3 Å². The summed E-state index contributed by atoms with van der Waals surface area (Å²) in [5.41, 5.74) is -1.59. The summed E-state index contributed by atoms with van der Waals surface area (Å²) in [7, 11) is 0. The molecular weight excluding hydrogens is 636 g/mol. The molecule has 0 aliphatic carbocycles. The molecule has 260 valence electrons. The average molecular weight is 675 g/mol. The number of ketones is 1. The Morgan fingerprint density at radius 2 is 1.10 bits per heavy atom. The van der Waals surface area contributed by atoms with Gasteiger partial charge in [-0.05, 0) is 26.0 Å². The molecule has 15 heteroatoms. The second-order valence-corrected chi connectivity index (χ2v) is 9.70.